The molecule has 0 unspecified atom stereocenters. The molecule has 1 heterocycles. The van der Waals surface area contributed by atoms with Crippen LogP contribution in [0.2, 0.25) is 0 Å². The van der Waals surface area contributed by atoms with Crippen LogP contribution in [0, 0.1) is 0 Å². The molecule has 0 aromatic heterocycles. The quantitative estimate of drug-likeness (QED) is 0.761. The Labute approximate surface area is 149 Å². The first kappa shape index (κ1) is 18.9. The second-order valence-corrected chi connectivity index (χ2v) is 5.73. The molecule has 2 aromatic carbocycles. The zero-order chi connectivity index (χ0) is 19.8. The second-order valence-electron chi connectivity index (χ2n) is 5.73. The van der Waals surface area contributed by atoms with Crippen LogP contribution in [0.5, 0.6) is 5.75 Å². The number of fused-ring (bicyclic) bond motifs is 1. The molecule has 0 spiro atoms. The molecule has 4 nitrogen and oxygen atoms in total. The normalized spacial score (nSPS) is 18.1. The first-order valence-corrected chi connectivity index (χ1v) is 7.62. The molecule has 144 valence electrons. The smallest absolute Gasteiger partial charge is 0.430 e. The van der Waals surface area contributed by atoms with Crippen LogP contribution in [0.1, 0.15) is 22.1 Å². The van der Waals surface area contributed by atoms with Gasteiger partial charge in [0, 0.05) is 5.69 Å². The Morgan fingerprint density at radius 3 is 2.19 bits per heavy atom. The van der Waals surface area contributed by atoms with Crippen molar-refractivity contribution in [3.8, 4) is 5.75 Å². The van der Waals surface area contributed by atoms with Crippen LogP contribution < -0.4 is 15.4 Å². The molecular weight excluding hydrogens is 378 g/mol. The van der Waals surface area contributed by atoms with Gasteiger partial charge in [-0.05, 0) is 29.8 Å². The molecule has 1 aliphatic heterocycles. The van der Waals surface area contributed by atoms with Crippen molar-refractivity contribution in [1.82, 2.24) is 5.32 Å². The molecule has 0 saturated carbocycles. The first-order chi connectivity index (χ1) is 12.6. The highest BCUT2D eigenvalue weighted by atomic mass is 19.4. The number of anilines is 1. The van der Waals surface area contributed by atoms with Gasteiger partial charge in [-0.15, -0.1) is 0 Å². The SMILES string of the molecule is O=C1N[C@@H](c2ccc(OC(F)(F)[C@H](F)C(F)(F)F)cc2)Nc2ccccc21. The van der Waals surface area contributed by atoms with Crippen LogP contribution in [0.4, 0.5) is 32.0 Å². The van der Waals surface area contributed by atoms with Gasteiger partial charge in [0.25, 0.3) is 12.1 Å². The highest BCUT2D eigenvalue weighted by molar-refractivity contribution is 6.01. The molecule has 2 atom stereocenters. The van der Waals surface area contributed by atoms with E-state index in [2.05, 4.69) is 15.4 Å². The zero-order valence-electron chi connectivity index (χ0n) is 13.4. The Morgan fingerprint density at radius 1 is 0.926 bits per heavy atom. The summed E-state index contributed by atoms with van der Waals surface area (Å²) in [6.45, 7) is 0. The van der Waals surface area contributed by atoms with Crippen LogP contribution >= 0.6 is 0 Å². The number of halogens is 6. The van der Waals surface area contributed by atoms with E-state index in [1.54, 1.807) is 24.3 Å². The maximum atomic E-state index is 13.3. The van der Waals surface area contributed by atoms with E-state index in [1.165, 1.54) is 12.1 Å². The zero-order valence-corrected chi connectivity index (χ0v) is 13.4. The average molecular weight is 390 g/mol. The molecule has 0 aliphatic carbocycles. The summed E-state index contributed by atoms with van der Waals surface area (Å²) in [6.07, 6.45) is -16.0. The number of para-hydroxylation sites is 1. The van der Waals surface area contributed by atoms with Gasteiger partial charge in [0.15, 0.2) is 0 Å². The molecule has 0 radical (unpaired) electrons. The van der Waals surface area contributed by atoms with Gasteiger partial charge >= 0.3 is 12.3 Å². The fraction of sp³-hybridized carbons (Fsp3) is 0.235. The fourth-order valence-electron chi connectivity index (χ4n) is 2.50. The summed E-state index contributed by atoms with van der Waals surface area (Å²) in [5.74, 6) is -1.01. The van der Waals surface area contributed by atoms with Gasteiger partial charge in [0.2, 0.25) is 0 Å². The summed E-state index contributed by atoms with van der Waals surface area (Å²) >= 11 is 0. The molecule has 1 aliphatic rings. The molecule has 10 heteroatoms. The van der Waals surface area contributed by atoms with Gasteiger partial charge in [0.05, 0.1) is 5.56 Å². The lowest BCUT2D eigenvalue weighted by atomic mass is 10.1. The number of carbonyl (C=O) groups excluding carboxylic acids is 1. The van der Waals surface area contributed by atoms with Crippen molar-refractivity contribution >= 4 is 11.6 Å². The van der Waals surface area contributed by atoms with Crippen LogP contribution in [0.25, 0.3) is 0 Å². The third-order valence-electron chi connectivity index (χ3n) is 3.80. The van der Waals surface area contributed by atoms with Crippen LogP contribution in [-0.2, 0) is 0 Å². The number of ether oxygens (including phenoxy) is 1. The van der Waals surface area contributed by atoms with Crippen molar-refractivity contribution in [2.24, 2.45) is 0 Å². The number of benzene rings is 2. The minimum atomic E-state index is -5.76. The third kappa shape index (κ3) is 3.93. The average Bonchev–Trinajstić information content (AvgIpc) is 2.60. The van der Waals surface area contributed by atoms with E-state index in [-0.39, 0.29) is 5.91 Å². The maximum absolute atomic E-state index is 13.3. The minimum Gasteiger partial charge on any atom is -0.430 e. The number of rotatable bonds is 4. The number of amides is 1. The van der Waals surface area contributed by atoms with Gasteiger partial charge in [-0.25, -0.2) is 4.39 Å². The van der Waals surface area contributed by atoms with Crippen LogP contribution in [0.3, 0.4) is 0 Å². The minimum absolute atomic E-state index is 0.355. The van der Waals surface area contributed by atoms with E-state index in [0.29, 0.717) is 16.8 Å². The highest BCUT2D eigenvalue weighted by Gasteiger charge is 2.59. The Morgan fingerprint density at radius 2 is 1.56 bits per heavy atom. The lowest BCUT2D eigenvalue weighted by Crippen LogP contribution is -2.45. The van der Waals surface area contributed by atoms with Crippen molar-refractivity contribution in [3.63, 3.8) is 0 Å². The molecule has 0 fully saturated rings. The molecule has 2 N–H and O–H groups in total. The van der Waals surface area contributed by atoms with Crippen LogP contribution in [-0.4, -0.2) is 24.4 Å². The van der Waals surface area contributed by atoms with Crippen molar-refractivity contribution < 1.29 is 35.9 Å². The summed E-state index contributed by atoms with van der Waals surface area (Å²) in [5, 5.41) is 5.67. The summed E-state index contributed by atoms with van der Waals surface area (Å²) in [6, 6.07) is 11.1. The van der Waals surface area contributed by atoms with Gasteiger partial charge < -0.3 is 15.4 Å². The van der Waals surface area contributed by atoms with Crippen molar-refractivity contribution in [1.29, 1.82) is 0 Å². The monoisotopic (exact) mass is 390 g/mol. The molecular formula is C17H12F6N2O2. The number of hydrogen-bond acceptors (Lipinski definition) is 3. The molecule has 3 rings (SSSR count). The van der Waals surface area contributed by atoms with Crippen LogP contribution in [0.15, 0.2) is 48.5 Å². The Balaban J connectivity index is 1.74. The summed E-state index contributed by atoms with van der Waals surface area (Å²) in [5.41, 5.74) is 1.42. The molecule has 27 heavy (non-hydrogen) atoms. The van der Waals surface area contributed by atoms with Crippen molar-refractivity contribution in [2.45, 2.75) is 24.6 Å². The second kappa shape index (κ2) is 6.67. The summed E-state index contributed by atoms with van der Waals surface area (Å²) in [4.78, 5) is 12.1. The Bertz CT molecular complexity index is 838. The van der Waals surface area contributed by atoms with E-state index in [0.717, 1.165) is 12.1 Å². The first-order valence-electron chi connectivity index (χ1n) is 7.62. The topological polar surface area (TPSA) is 50.4 Å². The van der Waals surface area contributed by atoms with Gasteiger partial charge in [0.1, 0.15) is 11.9 Å². The highest BCUT2D eigenvalue weighted by Crippen LogP contribution is 2.37. The van der Waals surface area contributed by atoms with E-state index in [4.69, 9.17) is 0 Å². The lowest BCUT2D eigenvalue weighted by molar-refractivity contribution is -0.304. The van der Waals surface area contributed by atoms with Gasteiger partial charge in [-0.2, -0.15) is 22.0 Å². The largest absolute Gasteiger partial charge is 0.439 e. The van der Waals surface area contributed by atoms with Gasteiger partial charge in [-0.3, -0.25) is 4.79 Å². The number of carbonyl (C=O) groups is 1. The molecule has 2 aromatic rings. The molecule has 0 bridgehead atoms. The predicted molar refractivity (Wildman–Crippen MR) is 83.2 cm³/mol. The van der Waals surface area contributed by atoms with E-state index in [1.807, 2.05) is 0 Å². The number of alkyl halides is 6. The summed E-state index contributed by atoms with van der Waals surface area (Å²) in [7, 11) is 0. The van der Waals surface area contributed by atoms with E-state index in [9.17, 15) is 31.1 Å². The molecule has 0 saturated heterocycles. The number of hydrogen-bond donors (Lipinski definition) is 2. The van der Waals surface area contributed by atoms with E-state index >= 15 is 0 Å². The van der Waals surface area contributed by atoms with E-state index < -0.39 is 30.4 Å². The van der Waals surface area contributed by atoms with Crippen molar-refractivity contribution in [3.05, 3.63) is 59.7 Å². The fourth-order valence-corrected chi connectivity index (χ4v) is 2.50. The third-order valence-corrected chi connectivity index (χ3v) is 3.80. The maximum Gasteiger partial charge on any atom is 0.439 e. The van der Waals surface area contributed by atoms with Gasteiger partial charge in [-0.1, -0.05) is 24.3 Å². The molecule has 1 amide bonds. The lowest BCUT2D eigenvalue weighted by Gasteiger charge is -2.28. The van der Waals surface area contributed by atoms with Crippen molar-refractivity contribution in [2.75, 3.05) is 5.32 Å². The Kier molecular flexibility index (Phi) is 4.66. The number of nitrogens with one attached hydrogen (secondary N) is 2. The standard InChI is InChI=1S/C17H12F6N2O2/c18-15(16(19,20)21)17(22,23)27-10-7-5-9(6-8-10)13-24-12-4-2-1-3-11(12)14(26)25-13/h1-8,13,15,24H,(H,25,26)/t13-,15+/m0/s1. The predicted octanol–water partition coefficient (Wildman–Crippen LogP) is 4.41. The Hall–Kier alpha value is -2.91. The summed E-state index contributed by atoms with van der Waals surface area (Å²) < 4.78 is 79.7.